The first-order chi connectivity index (χ1) is 10.9. The predicted octanol–water partition coefficient (Wildman–Crippen LogP) is 1.72. The lowest BCUT2D eigenvalue weighted by Gasteiger charge is -2.10. The van der Waals surface area contributed by atoms with Crippen molar-refractivity contribution in [1.29, 1.82) is 0 Å². The van der Waals surface area contributed by atoms with Gasteiger partial charge in [0.05, 0.1) is 6.61 Å². The van der Waals surface area contributed by atoms with E-state index in [9.17, 15) is 14.4 Å². The normalized spacial score (nSPS) is 10.1. The largest absolute Gasteiger partial charge is 0.493 e. The molecule has 0 aromatic heterocycles. The number of nitrogens with one attached hydrogen (secondary N) is 2. The van der Waals surface area contributed by atoms with Crippen LogP contribution in [0.4, 0.5) is 4.79 Å². The molecule has 0 fully saturated rings. The van der Waals surface area contributed by atoms with Gasteiger partial charge in [0.25, 0.3) is 5.91 Å². The Morgan fingerprint density at radius 2 is 1.87 bits per heavy atom. The standard InChI is InChI=1S/C16H22N2O5/c1-4-22-13-8-6-5-7-12(13)15(20)23-10-14(19)18-16(21)17-9-11(2)3/h5-8,11H,4,9-10H2,1-3H3,(H2,17,18,19,21). The molecule has 0 aliphatic carbocycles. The predicted molar refractivity (Wildman–Crippen MR) is 84.3 cm³/mol. The molecule has 1 aromatic rings. The quantitative estimate of drug-likeness (QED) is 0.746. The summed E-state index contributed by atoms with van der Waals surface area (Å²) in [6.07, 6.45) is 0. The second-order valence-corrected chi connectivity index (χ2v) is 5.16. The van der Waals surface area contributed by atoms with Crippen molar-refractivity contribution in [1.82, 2.24) is 10.6 Å². The highest BCUT2D eigenvalue weighted by Gasteiger charge is 2.16. The van der Waals surface area contributed by atoms with Crippen LogP contribution in [-0.4, -0.2) is 37.7 Å². The van der Waals surface area contributed by atoms with Gasteiger partial charge in [0.1, 0.15) is 11.3 Å². The molecule has 0 saturated carbocycles. The minimum Gasteiger partial charge on any atom is -0.493 e. The fraction of sp³-hybridized carbons (Fsp3) is 0.438. The summed E-state index contributed by atoms with van der Waals surface area (Å²) in [6.45, 7) is 5.96. The van der Waals surface area contributed by atoms with Gasteiger partial charge >= 0.3 is 12.0 Å². The van der Waals surface area contributed by atoms with E-state index >= 15 is 0 Å². The number of carbonyl (C=O) groups is 3. The number of esters is 1. The summed E-state index contributed by atoms with van der Waals surface area (Å²) in [5.41, 5.74) is 0.228. The van der Waals surface area contributed by atoms with Crippen molar-refractivity contribution in [2.75, 3.05) is 19.8 Å². The second-order valence-electron chi connectivity index (χ2n) is 5.16. The van der Waals surface area contributed by atoms with Crippen molar-refractivity contribution in [3.8, 4) is 5.75 Å². The summed E-state index contributed by atoms with van der Waals surface area (Å²) in [6, 6.07) is 5.96. The van der Waals surface area contributed by atoms with Crippen LogP contribution in [0.25, 0.3) is 0 Å². The van der Waals surface area contributed by atoms with Crippen LogP contribution in [0.2, 0.25) is 0 Å². The average Bonchev–Trinajstić information content (AvgIpc) is 2.51. The summed E-state index contributed by atoms with van der Waals surface area (Å²) in [5.74, 6) is -0.737. The number of hydrogen-bond acceptors (Lipinski definition) is 5. The van der Waals surface area contributed by atoms with Gasteiger partial charge in [-0.05, 0) is 25.0 Å². The Balaban J connectivity index is 2.47. The lowest BCUT2D eigenvalue weighted by Crippen LogP contribution is -2.42. The zero-order chi connectivity index (χ0) is 17.2. The van der Waals surface area contributed by atoms with Gasteiger partial charge < -0.3 is 14.8 Å². The van der Waals surface area contributed by atoms with Crippen LogP contribution < -0.4 is 15.4 Å². The fourth-order valence-corrected chi connectivity index (χ4v) is 1.63. The first kappa shape index (κ1) is 18.5. The van der Waals surface area contributed by atoms with Gasteiger partial charge in [-0.3, -0.25) is 10.1 Å². The van der Waals surface area contributed by atoms with E-state index in [2.05, 4.69) is 10.6 Å². The summed E-state index contributed by atoms with van der Waals surface area (Å²) in [7, 11) is 0. The van der Waals surface area contributed by atoms with E-state index in [0.29, 0.717) is 18.9 Å². The minimum atomic E-state index is -0.700. The highest BCUT2D eigenvalue weighted by atomic mass is 16.5. The second kappa shape index (κ2) is 9.45. The molecule has 0 atom stereocenters. The van der Waals surface area contributed by atoms with Crippen LogP contribution in [0.3, 0.4) is 0 Å². The van der Waals surface area contributed by atoms with Crippen molar-refractivity contribution in [2.24, 2.45) is 5.92 Å². The first-order valence-electron chi connectivity index (χ1n) is 7.40. The highest BCUT2D eigenvalue weighted by molar-refractivity contribution is 5.97. The molecule has 1 aromatic carbocycles. The van der Waals surface area contributed by atoms with Gasteiger partial charge in [0.15, 0.2) is 6.61 Å². The number of imide groups is 1. The first-order valence-corrected chi connectivity index (χ1v) is 7.40. The summed E-state index contributed by atoms with van der Waals surface area (Å²) < 4.78 is 10.2. The van der Waals surface area contributed by atoms with Gasteiger partial charge in [0.2, 0.25) is 0 Å². The van der Waals surface area contributed by atoms with E-state index < -0.39 is 24.5 Å². The maximum Gasteiger partial charge on any atom is 0.342 e. The van der Waals surface area contributed by atoms with Crippen molar-refractivity contribution in [2.45, 2.75) is 20.8 Å². The third-order valence-electron chi connectivity index (χ3n) is 2.66. The van der Waals surface area contributed by atoms with Gasteiger partial charge in [-0.15, -0.1) is 0 Å². The van der Waals surface area contributed by atoms with Gasteiger partial charge in [-0.25, -0.2) is 9.59 Å². The average molecular weight is 322 g/mol. The highest BCUT2D eigenvalue weighted by Crippen LogP contribution is 2.18. The Morgan fingerprint density at radius 3 is 2.52 bits per heavy atom. The maximum atomic E-state index is 12.0. The molecule has 0 spiro atoms. The molecule has 0 bridgehead atoms. The number of rotatable bonds is 7. The van der Waals surface area contributed by atoms with Crippen LogP contribution in [0.1, 0.15) is 31.1 Å². The number of amides is 3. The zero-order valence-corrected chi connectivity index (χ0v) is 13.5. The van der Waals surface area contributed by atoms with Crippen molar-refractivity contribution >= 4 is 17.9 Å². The van der Waals surface area contributed by atoms with E-state index in [1.807, 2.05) is 13.8 Å². The molecule has 2 N–H and O–H groups in total. The van der Waals surface area contributed by atoms with Gasteiger partial charge in [-0.1, -0.05) is 26.0 Å². The monoisotopic (exact) mass is 322 g/mol. The van der Waals surface area contributed by atoms with E-state index in [1.54, 1.807) is 31.2 Å². The molecule has 0 heterocycles. The lowest BCUT2D eigenvalue weighted by molar-refractivity contribution is -0.123. The molecule has 1 rings (SSSR count). The van der Waals surface area contributed by atoms with Crippen LogP contribution in [-0.2, 0) is 9.53 Å². The minimum absolute atomic E-state index is 0.228. The van der Waals surface area contributed by atoms with Crippen molar-refractivity contribution in [3.63, 3.8) is 0 Å². The molecular formula is C16H22N2O5. The summed E-state index contributed by atoms with van der Waals surface area (Å²) in [4.78, 5) is 34.9. The van der Waals surface area contributed by atoms with Crippen molar-refractivity contribution in [3.05, 3.63) is 29.8 Å². The molecule has 0 radical (unpaired) electrons. The summed E-state index contributed by atoms with van der Waals surface area (Å²) in [5, 5.41) is 4.61. The molecular weight excluding hydrogens is 300 g/mol. The fourth-order valence-electron chi connectivity index (χ4n) is 1.63. The Bertz CT molecular complexity index is 557. The molecule has 126 valence electrons. The zero-order valence-electron chi connectivity index (χ0n) is 13.5. The van der Waals surface area contributed by atoms with E-state index in [1.165, 1.54) is 0 Å². The van der Waals surface area contributed by atoms with Crippen molar-refractivity contribution < 1.29 is 23.9 Å². The Labute approximate surface area is 135 Å². The number of carbonyl (C=O) groups excluding carboxylic acids is 3. The molecule has 0 aliphatic heterocycles. The molecule has 7 heteroatoms. The van der Waals surface area contributed by atoms with Crippen LogP contribution >= 0.6 is 0 Å². The van der Waals surface area contributed by atoms with E-state index in [0.717, 1.165) is 0 Å². The third-order valence-corrected chi connectivity index (χ3v) is 2.66. The third kappa shape index (κ3) is 6.82. The molecule has 23 heavy (non-hydrogen) atoms. The van der Waals surface area contributed by atoms with Crippen LogP contribution in [0, 0.1) is 5.92 Å². The van der Waals surface area contributed by atoms with E-state index in [4.69, 9.17) is 9.47 Å². The topological polar surface area (TPSA) is 93.7 Å². The van der Waals surface area contributed by atoms with Crippen LogP contribution in [0.15, 0.2) is 24.3 Å². The number of hydrogen-bond donors (Lipinski definition) is 2. The maximum absolute atomic E-state index is 12.0. The molecule has 0 unspecified atom stereocenters. The van der Waals surface area contributed by atoms with E-state index in [-0.39, 0.29) is 11.5 Å². The number of urea groups is 1. The molecule has 0 aliphatic rings. The van der Waals surface area contributed by atoms with Crippen LogP contribution in [0.5, 0.6) is 5.75 Å². The Morgan fingerprint density at radius 1 is 1.17 bits per heavy atom. The number of para-hydroxylation sites is 1. The van der Waals surface area contributed by atoms with Gasteiger partial charge in [0, 0.05) is 6.54 Å². The number of ether oxygens (including phenoxy) is 2. The van der Waals surface area contributed by atoms with Gasteiger partial charge in [-0.2, -0.15) is 0 Å². The Hall–Kier alpha value is -2.57. The molecule has 0 saturated heterocycles. The SMILES string of the molecule is CCOc1ccccc1C(=O)OCC(=O)NC(=O)NCC(C)C. The molecule has 7 nitrogen and oxygen atoms in total. The lowest BCUT2D eigenvalue weighted by atomic mass is 10.2. The molecule has 3 amide bonds. The number of benzene rings is 1. The smallest absolute Gasteiger partial charge is 0.342 e. The Kier molecular flexibility index (Phi) is 7.59. The summed E-state index contributed by atoms with van der Waals surface area (Å²) >= 11 is 0.